The Morgan fingerprint density at radius 2 is 0.842 bits per heavy atom. The molecule has 2 unspecified atom stereocenters. The van der Waals surface area contributed by atoms with Gasteiger partial charge in [-0.15, -0.1) is 4.52 Å². The smallest absolute Gasteiger partial charge is 0.421 e. The largest absolute Gasteiger partial charge is 0.547 e. The number of rotatable bonds is 17. The molecule has 0 saturated carbocycles. The molecule has 1 heterocycles. The Balaban J connectivity index is 1.74. The zero-order valence-corrected chi connectivity index (χ0v) is 36.4. The summed E-state index contributed by atoms with van der Waals surface area (Å²) in [5.74, 6) is -3.52. The van der Waals surface area contributed by atoms with Crippen molar-refractivity contribution in [3.05, 3.63) is 149 Å². The van der Waals surface area contributed by atoms with Crippen molar-refractivity contribution in [1.82, 2.24) is 0 Å². The summed E-state index contributed by atoms with van der Waals surface area (Å²) in [6.45, 7) is 14.0. The third-order valence-electron chi connectivity index (χ3n) is 8.06. The van der Waals surface area contributed by atoms with E-state index in [2.05, 4.69) is 9.03 Å². The van der Waals surface area contributed by atoms with Gasteiger partial charge in [0.1, 0.15) is 35.4 Å². The van der Waals surface area contributed by atoms with Gasteiger partial charge in [-0.1, -0.05) is 88.5 Å². The molecule has 0 N–H and O–H groups in total. The van der Waals surface area contributed by atoms with Gasteiger partial charge in [0.2, 0.25) is 8.52 Å². The Kier molecular flexibility index (Phi) is 14.3. The first kappa shape index (κ1) is 42.1. The number of hydrogen-bond acceptors (Lipinski definition) is 12. The van der Waals surface area contributed by atoms with Crippen LogP contribution in [0.5, 0.6) is 28.7 Å². The molecule has 1 aliphatic rings. The third-order valence-corrected chi connectivity index (χ3v) is 13.9. The Morgan fingerprint density at radius 3 is 1.18 bits per heavy atom. The quantitative estimate of drug-likeness (QED) is 0.0669. The van der Waals surface area contributed by atoms with Crippen molar-refractivity contribution in [1.29, 1.82) is 0 Å². The molecule has 16 heteroatoms. The molecule has 12 nitrogen and oxygen atoms in total. The van der Waals surface area contributed by atoms with Crippen LogP contribution in [0.2, 0.25) is 0 Å². The van der Waals surface area contributed by atoms with E-state index in [9.17, 15) is 0 Å². The van der Waals surface area contributed by atoms with Gasteiger partial charge < -0.3 is 28.2 Å². The number of hydrogen-bond donors (Lipinski definition) is 0. The first-order valence-electron chi connectivity index (χ1n) is 18.2. The van der Waals surface area contributed by atoms with Crippen LogP contribution in [-0.2, 0) is 13.6 Å². The molecule has 5 aromatic carbocycles. The lowest BCUT2D eigenvalue weighted by Crippen LogP contribution is -2.72. The topological polar surface area (TPSA) is 123 Å². The minimum Gasteiger partial charge on any atom is -0.421 e. The molecule has 0 radical (unpaired) electrons. The van der Waals surface area contributed by atoms with Gasteiger partial charge in [-0.2, -0.15) is 9.03 Å². The highest BCUT2D eigenvalue weighted by Gasteiger charge is 2.72. The van der Waals surface area contributed by atoms with Crippen LogP contribution in [0.1, 0.15) is 41.7 Å². The van der Waals surface area contributed by atoms with E-state index in [-0.39, 0.29) is 15.1 Å². The van der Waals surface area contributed by atoms with E-state index >= 15 is 0 Å². The maximum atomic E-state index is 7.28. The van der Waals surface area contributed by atoms with Crippen LogP contribution in [0, 0.1) is 34.6 Å². The van der Waals surface area contributed by atoms with Crippen molar-refractivity contribution in [2.45, 2.75) is 60.4 Å². The first-order valence-corrected chi connectivity index (χ1v) is 22.5. The summed E-state index contributed by atoms with van der Waals surface area (Å²) in [6, 6.07) is 37.0. The number of aryl methyl sites for hydroxylation is 5. The fraction of sp³-hybridized carbons (Fsp3) is 0.268. The van der Waals surface area contributed by atoms with Gasteiger partial charge in [0.25, 0.3) is 0 Å². The van der Waals surface area contributed by atoms with Crippen LogP contribution >= 0.6 is 32.8 Å². The van der Waals surface area contributed by atoms with E-state index in [0.29, 0.717) is 43.9 Å². The van der Waals surface area contributed by atoms with Crippen LogP contribution < -0.4 is 23.7 Å². The van der Waals surface area contributed by atoms with E-state index in [1.165, 1.54) is 0 Å². The first-order chi connectivity index (χ1) is 27.5. The van der Waals surface area contributed by atoms with Crippen molar-refractivity contribution in [2.24, 2.45) is 18.1 Å². The maximum Gasteiger partial charge on any atom is 0.547 e. The van der Waals surface area contributed by atoms with E-state index < -0.39 is 27.7 Å². The average Bonchev–Trinajstić information content (AvgIpc) is 3.18. The van der Waals surface area contributed by atoms with E-state index in [4.69, 9.17) is 46.3 Å². The van der Waals surface area contributed by atoms with Crippen molar-refractivity contribution in [2.75, 3.05) is 13.2 Å². The van der Waals surface area contributed by atoms with Gasteiger partial charge in [0.15, 0.2) is 8.52 Å². The summed E-state index contributed by atoms with van der Waals surface area (Å²) in [4.78, 5) is 0. The van der Waals surface area contributed by atoms with Crippen LogP contribution in [-0.4, -0.2) is 25.2 Å². The molecule has 0 saturated heterocycles. The molecule has 57 heavy (non-hydrogen) atoms. The summed E-state index contributed by atoms with van der Waals surface area (Å²) >= 11 is 0. The predicted molar refractivity (Wildman–Crippen MR) is 226 cm³/mol. The molecule has 0 aliphatic carbocycles. The van der Waals surface area contributed by atoms with Crippen molar-refractivity contribution in [3.8, 4) is 28.7 Å². The highest BCUT2D eigenvalue weighted by molar-refractivity contribution is 7.66. The van der Waals surface area contributed by atoms with Gasteiger partial charge in [0, 0.05) is 9.03 Å². The highest BCUT2D eigenvalue weighted by atomic mass is 31.2. The summed E-state index contributed by atoms with van der Waals surface area (Å²) < 4.78 is 74.0. The average molecular weight is 846 g/mol. The Hall–Kier alpha value is -4.49. The fourth-order valence-electron chi connectivity index (χ4n) is 5.17. The molecule has 2 atom stereocenters. The monoisotopic (exact) mass is 845 g/mol. The Bertz CT molecular complexity index is 2070. The van der Waals surface area contributed by atoms with Crippen molar-refractivity contribution < 1.29 is 37.3 Å². The highest BCUT2D eigenvalue weighted by Crippen LogP contribution is 2.65. The summed E-state index contributed by atoms with van der Waals surface area (Å²) in [6.07, 6.45) is 0. The number of ether oxygens (including phenoxy) is 5. The SMILES string of the molecule is CCO[P+]1=NP(OCC)(OC(Oc2ccc(C)cc2)(Oc2ccc(C)cc2)C(Oc2ccc(C)cc2)(Oc2ccc(C)cc2)Oc2ccc(C)cc2)=NP=NP=N1. The molecule has 296 valence electrons. The number of nitrogens with zero attached hydrogens (tertiary/aromatic N) is 4. The molecule has 0 fully saturated rings. The normalized spacial score (nSPS) is 16.6. The lowest BCUT2D eigenvalue weighted by atomic mass is 10.2. The molecular formula is C41H45N4O8P4+. The maximum absolute atomic E-state index is 7.28. The standard InChI is InChI=1S/C41H45N4O8P4/c1-8-46-56-43-54-42-55-44-57(45-56,47-9-2)53-41(51-38-26-16-33(6)17-27-38,52-39-28-18-34(7)19-29-39)40(48-35-20-10-30(3)11-21-35,49-36-22-12-31(4)13-23-36)50-37-24-14-32(5)15-25-37/h10-29H,8-9H2,1-7H3/q+1. The zero-order chi connectivity index (χ0) is 40.3. The van der Waals surface area contributed by atoms with Gasteiger partial charge in [0.05, 0.1) is 6.61 Å². The summed E-state index contributed by atoms with van der Waals surface area (Å²) in [7, 11) is -5.16. The van der Waals surface area contributed by atoms with Crippen molar-refractivity contribution >= 4 is 32.8 Å². The van der Waals surface area contributed by atoms with Crippen LogP contribution in [0.15, 0.2) is 139 Å². The Morgan fingerprint density at radius 1 is 0.491 bits per heavy atom. The predicted octanol–water partition coefficient (Wildman–Crippen LogP) is 13.9. The van der Waals surface area contributed by atoms with Crippen LogP contribution in [0.25, 0.3) is 0 Å². The molecule has 1 aliphatic heterocycles. The molecule has 0 bridgehead atoms. The molecule has 0 aromatic heterocycles. The zero-order valence-electron chi connectivity index (χ0n) is 32.8. The second kappa shape index (κ2) is 19.3. The Labute approximate surface area is 338 Å². The second-order valence-electron chi connectivity index (χ2n) is 12.9. The molecule has 0 spiro atoms. The van der Waals surface area contributed by atoms with Gasteiger partial charge in [-0.3, -0.25) is 0 Å². The minimum atomic E-state index is -3.94. The molecule has 0 amide bonds. The minimum absolute atomic E-state index is 0.123. The van der Waals surface area contributed by atoms with E-state index in [1.807, 2.05) is 109 Å². The molecular weight excluding hydrogens is 800 g/mol. The third kappa shape index (κ3) is 11.1. The van der Waals surface area contributed by atoms with E-state index in [1.54, 1.807) is 60.7 Å². The van der Waals surface area contributed by atoms with Gasteiger partial charge in [-0.05, 0) is 109 Å². The molecule has 6 rings (SSSR count). The van der Waals surface area contributed by atoms with Gasteiger partial charge in [-0.25, -0.2) is 4.52 Å². The van der Waals surface area contributed by atoms with Gasteiger partial charge >= 0.3 is 27.7 Å². The fourth-order valence-corrected chi connectivity index (χ4v) is 10.9. The van der Waals surface area contributed by atoms with E-state index in [0.717, 1.165) is 27.8 Å². The van der Waals surface area contributed by atoms with Crippen LogP contribution in [0.3, 0.4) is 0 Å². The van der Waals surface area contributed by atoms with Crippen LogP contribution in [0.4, 0.5) is 0 Å². The summed E-state index contributed by atoms with van der Waals surface area (Å²) in [5, 5.41) is 0. The summed E-state index contributed by atoms with van der Waals surface area (Å²) in [5.41, 5.74) is 5.00. The second-order valence-corrected chi connectivity index (χ2v) is 18.3. The van der Waals surface area contributed by atoms with Crippen molar-refractivity contribution in [3.63, 3.8) is 0 Å². The molecule has 5 aromatic rings. The number of benzene rings is 5. The lowest BCUT2D eigenvalue weighted by Gasteiger charge is -2.45. The lowest BCUT2D eigenvalue weighted by molar-refractivity contribution is -0.448.